The van der Waals surface area contributed by atoms with Crippen LogP contribution >= 0.6 is 15.9 Å². The van der Waals surface area contributed by atoms with Crippen molar-refractivity contribution in [2.24, 2.45) is 0 Å². The fraction of sp³-hybridized carbons (Fsp3) is 0.364. The largest absolute Gasteiger partial charge is 0.480 e. The van der Waals surface area contributed by atoms with Crippen LogP contribution in [0.3, 0.4) is 0 Å². The van der Waals surface area contributed by atoms with Crippen molar-refractivity contribution in [2.45, 2.75) is 13.5 Å². The molecule has 0 aromatic heterocycles. The van der Waals surface area contributed by atoms with E-state index in [1.54, 1.807) is 0 Å². The number of nitrogen functional groups attached to an aromatic ring is 1. The fourth-order valence-corrected chi connectivity index (χ4v) is 1.80. The Labute approximate surface area is 103 Å². The molecule has 0 saturated heterocycles. The third-order valence-electron chi connectivity index (χ3n) is 2.31. The lowest BCUT2D eigenvalue weighted by molar-refractivity contribution is -0.138. The molecule has 0 amide bonds. The lowest BCUT2D eigenvalue weighted by Gasteiger charge is -2.19. The Kier molecular flexibility index (Phi) is 4.76. The van der Waals surface area contributed by atoms with Crippen LogP contribution in [0, 0.1) is 0 Å². The monoisotopic (exact) mass is 286 g/mol. The first-order valence-electron chi connectivity index (χ1n) is 5.01. The minimum atomic E-state index is -0.822. The standard InChI is InChI=1S/C11H15BrN2O2/c1-2-14(7-11(15)16)6-8-3-4-9(12)5-10(8)13/h3-5H,2,6-7,13H2,1H3,(H,15,16). The number of nitrogens with two attached hydrogens (primary N) is 1. The third-order valence-corrected chi connectivity index (χ3v) is 2.80. The highest BCUT2D eigenvalue weighted by Crippen LogP contribution is 2.19. The molecule has 3 N–H and O–H groups in total. The molecule has 0 radical (unpaired) electrons. The molecule has 1 aromatic rings. The maximum atomic E-state index is 10.6. The molecule has 0 aliphatic heterocycles. The van der Waals surface area contributed by atoms with Gasteiger partial charge in [0, 0.05) is 16.7 Å². The van der Waals surface area contributed by atoms with Gasteiger partial charge < -0.3 is 10.8 Å². The van der Waals surface area contributed by atoms with Gasteiger partial charge in [0.25, 0.3) is 0 Å². The molecule has 4 nitrogen and oxygen atoms in total. The lowest BCUT2D eigenvalue weighted by Crippen LogP contribution is -2.29. The fourth-order valence-electron chi connectivity index (χ4n) is 1.42. The zero-order chi connectivity index (χ0) is 12.1. The Morgan fingerprint density at radius 2 is 2.25 bits per heavy atom. The van der Waals surface area contributed by atoms with Gasteiger partial charge in [-0.25, -0.2) is 0 Å². The summed E-state index contributed by atoms with van der Waals surface area (Å²) in [5.74, 6) is -0.822. The van der Waals surface area contributed by atoms with Crippen molar-refractivity contribution in [1.82, 2.24) is 4.90 Å². The Bertz CT molecular complexity index is 382. The van der Waals surface area contributed by atoms with E-state index in [2.05, 4.69) is 15.9 Å². The lowest BCUT2D eigenvalue weighted by atomic mass is 10.1. The van der Waals surface area contributed by atoms with Crippen molar-refractivity contribution >= 4 is 27.6 Å². The first kappa shape index (κ1) is 13.0. The summed E-state index contributed by atoms with van der Waals surface area (Å²) in [6.07, 6.45) is 0. The first-order chi connectivity index (χ1) is 7.52. The summed E-state index contributed by atoms with van der Waals surface area (Å²) in [6.45, 7) is 3.20. The number of aliphatic carboxylic acids is 1. The van der Waals surface area contributed by atoms with Crippen molar-refractivity contribution < 1.29 is 9.90 Å². The van der Waals surface area contributed by atoms with Crippen molar-refractivity contribution in [1.29, 1.82) is 0 Å². The average Bonchev–Trinajstić information content (AvgIpc) is 2.20. The molecule has 0 bridgehead atoms. The van der Waals surface area contributed by atoms with E-state index >= 15 is 0 Å². The van der Waals surface area contributed by atoms with Gasteiger partial charge in [0.2, 0.25) is 0 Å². The number of carboxylic acids is 1. The van der Waals surface area contributed by atoms with E-state index in [4.69, 9.17) is 10.8 Å². The normalized spacial score (nSPS) is 10.7. The Balaban J connectivity index is 2.73. The molecule has 88 valence electrons. The van der Waals surface area contributed by atoms with E-state index in [-0.39, 0.29) is 6.54 Å². The van der Waals surface area contributed by atoms with Crippen LogP contribution in [-0.2, 0) is 11.3 Å². The number of hydrogen-bond donors (Lipinski definition) is 2. The smallest absolute Gasteiger partial charge is 0.317 e. The molecule has 5 heteroatoms. The van der Waals surface area contributed by atoms with Gasteiger partial charge in [-0.05, 0) is 24.2 Å². The van der Waals surface area contributed by atoms with Gasteiger partial charge in [-0.3, -0.25) is 9.69 Å². The van der Waals surface area contributed by atoms with Crippen LogP contribution in [0.2, 0.25) is 0 Å². The van der Waals surface area contributed by atoms with E-state index in [1.165, 1.54) is 0 Å². The molecular formula is C11H15BrN2O2. The van der Waals surface area contributed by atoms with Gasteiger partial charge in [-0.15, -0.1) is 0 Å². The Morgan fingerprint density at radius 1 is 1.56 bits per heavy atom. The maximum Gasteiger partial charge on any atom is 0.317 e. The van der Waals surface area contributed by atoms with Crippen LogP contribution < -0.4 is 5.73 Å². The number of likely N-dealkylation sites (N-methyl/N-ethyl adjacent to an activating group) is 1. The second-order valence-electron chi connectivity index (χ2n) is 3.54. The minimum Gasteiger partial charge on any atom is -0.480 e. The summed E-state index contributed by atoms with van der Waals surface area (Å²) in [4.78, 5) is 12.4. The number of benzene rings is 1. The summed E-state index contributed by atoms with van der Waals surface area (Å²) in [7, 11) is 0. The molecule has 0 spiro atoms. The van der Waals surface area contributed by atoms with E-state index in [0.29, 0.717) is 18.8 Å². The summed E-state index contributed by atoms with van der Waals surface area (Å²) in [5.41, 5.74) is 7.48. The van der Waals surface area contributed by atoms with Gasteiger partial charge in [-0.1, -0.05) is 28.9 Å². The summed E-state index contributed by atoms with van der Waals surface area (Å²) >= 11 is 3.33. The number of carbonyl (C=O) groups is 1. The number of anilines is 1. The van der Waals surface area contributed by atoms with Gasteiger partial charge in [-0.2, -0.15) is 0 Å². The van der Waals surface area contributed by atoms with Crippen molar-refractivity contribution in [2.75, 3.05) is 18.8 Å². The van der Waals surface area contributed by atoms with Crippen molar-refractivity contribution in [3.05, 3.63) is 28.2 Å². The summed E-state index contributed by atoms with van der Waals surface area (Å²) < 4.78 is 0.926. The van der Waals surface area contributed by atoms with Crippen LogP contribution in [0.4, 0.5) is 5.69 Å². The molecule has 1 rings (SSSR count). The summed E-state index contributed by atoms with van der Waals surface area (Å²) in [6, 6.07) is 5.63. The highest BCUT2D eigenvalue weighted by atomic mass is 79.9. The van der Waals surface area contributed by atoms with Crippen LogP contribution in [0.5, 0.6) is 0 Å². The van der Waals surface area contributed by atoms with Crippen LogP contribution in [-0.4, -0.2) is 29.1 Å². The first-order valence-corrected chi connectivity index (χ1v) is 5.80. The number of carboxylic acid groups (broad SMARTS) is 1. The zero-order valence-electron chi connectivity index (χ0n) is 9.11. The van der Waals surface area contributed by atoms with E-state index in [0.717, 1.165) is 10.0 Å². The minimum absolute atomic E-state index is 0.0337. The maximum absolute atomic E-state index is 10.6. The van der Waals surface area contributed by atoms with Gasteiger partial charge >= 0.3 is 5.97 Å². The zero-order valence-corrected chi connectivity index (χ0v) is 10.7. The van der Waals surface area contributed by atoms with Gasteiger partial charge in [0.1, 0.15) is 0 Å². The van der Waals surface area contributed by atoms with E-state index < -0.39 is 5.97 Å². The Morgan fingerprint density at radius 3 is 2.75 bits per heavy atom. The molecule has 0 saturated carbocycles. The third kappa shape index (κ3) is 3.83. The quantitative estimate of drug-likeness (QED) is 0.812. The second kappa shape index (κ2) is 5.86. The molecule has 0 fully saturated rings. The summed E-state index contributed by atoms with van der Waals surface area (Å²) in [5, 5.41) is 8.73. The van der Waals surface area contributed by atoms with Gasteiger partial charge in [0.15, 0.2) is 0 Å². The predicted molar refractivity (Wildman–Crippen MR) is 67.1 cm³/mol. The van der Waals surface area contributed by atoms with Crippen molar-refractivity contribution in [3.63, 3.8) is 0 Å². The predicted octanol–water partition coefficient (Wildman–Crippen LogP) is 1.94. The molecule has 0 heterocycles. The van der Waals surface area contributed by atoms with Crippen molar-refractivity contribution in [3.8, 4) is 0 Å². The highest BCUT2D eigenvalue weighted by Gasteiger charge is 2.09. The molecule has 1 aromatic carbocycles. The average molecular weight is 287 g/mol. The molecule has 0 aliphatic rings. The topological polar surface area (TPSA) is 66.6 Å². The molecular weight excluding hydrogens is 272 g/mol. The van der Waals surface area contributed by atoms with E-state index in [9.17, 15) is 4.79 Å². The number of halogens is 1. The van der Waals surface area contributed by atoms with E-state index in [1.807, 2.05) is 30.0 Å². The SMILES string of the molecule is CCN(CC(=O)O)Cc1ccc(Br)cc1N. The second-order valence-corrected chi connectivity index (χ2v) is 4.46. The molecule has 0 aliphatic carbocycles. The Hall–Kier alpha value is -1.07. The highest BCUT2D eigenvalue weighted by molar-refractivity contribution is 9.10. The van der Waals surface area contributed by atoms with Gasteiger partial charge in [0.05, 0.1) is 6.54 Å². The van der Waals surface area contributed by atoms with Crippen LogP contribution in [0.15, 0.2) is 22.7 Å². The number of rotatable bonds is 5. The molecule has 16 heavy (non-hydrogen) atoms. The number of nitrogens with zero attached hydrogens (tertiary/aromatic N) is 1. The molecule has 0 atom stereocenters. The molecule has 0 unspecified atom stereocenters. The van der Waals surface area contributed by atoms with Crippen LogP contribution in [0.1, 0.15) is 12.5 Å². The van der Waals surface area contributed by atoms with Crippen LogP contribution in [0.25, 0.3) is 0 Å². The number of hydrogen-bond acceptors (Lipinski definition) is 3.